The molecule has 5 heteroatoms. The van der Waals surface area contributed by atoms with Crippen molar-refractivity contribution in [1.82, 2.24) is 9.97 Å². The van der Waals surface area contributed by atoms with E-state index in [0.717, 1.165) is 43.7 Å². The first kappa shape index (κ1) is 14.1. The Morgan fingerprint density at radius 2 is 2.21 bits per heavy atom. The fourth-order valence-electron chi connectivity index (χ4n) is 1.84. The smallest absolute Gasteiger partial charge is 0.224 e. The van der Waals surface area contributed by atoms with Gasteiger partial charge in [0.2, 0.25) is 5.95 Å². The molecule has 1 aliphatic rings. The summed E-state index contributed by atoms with van der Waals surface area (Å²) >= 11 is 0. The largest absolute Gasteiger partial charge is 0.379 e. The van der Waals surface area contributed by atoms with Crippen LogP contribution in [0.2, 0.25) is 0 Å². The van der Waals surface area contributed by atoms with Gasteiger partial charge in [0.25, 0.3) is 0 Å². The molecule has 1 saturated carbocycles. The van der Waals surface area contributed by atoms with Crippen LogP contribution in [0, 0.1) is 12.8 Å². The highest BCUT2D eigenvalue weighted by Gasteiger charge is 2.21. The molecule has 0 spiro atoms. The van der Waals surface area contributed by atoms with Crippen LogP contribution in [0.5, 0.6) is 0 Å². The van der Waals surface area contributed by atoms with E-state index in [1.165, 1.54) is 12.8 Å². The summed E-state index contributed by atoms with van der Waals surface area (Å²) in [7, 11) is 2.04. The Hall–Kier alpha value is -1.36. The van der Waals surface area contributed by atoms with Crippen molar-refractivity contribution in [2.75, 3.05) is 43.6 Å². The highest BCUT2D eigenvalue weighted by molar-refractivity contribution is 5.43. The number of rotatable bonds is 8. The zero-order chi connectivity index (χ0) is 13.7. The van der Waals surface area contributed by atoms with Gasteiger partial charge in [-0.2, -0.15) is 4.98 Å². The number of aryl methyl sites for hydroxylation is 1. The molecule has 1 N–H and O–H groups in total. The van der Waals surface area contributed by atoms with Crippen LogP contribution in [-0.4, -0.2) is 43.3 Å². The molecule has 1 fully saturated rings. The van der Waals surface area contributed by atoms with E-state index < -0.39 is 0 Å². The second-order valence-electron chi connectivity index (χ2n) is 5.16. The summed E-state index contributed by atoms with van der Waals surface area (Å²) in [6, 6.07) is 2.00. The third-order valence-corrected chi connectivity index (χ3v) is 3.19. The second-order valence-corrected chi connectivity index (χ2v) is 5.16. The SMILES string of the molecule is CCNc1nc(C)cc(N(C)CCOCC2CC2)n1. The molecule has 0 bridgehead atoms. The first-order valence-corrected chi connectivity index (χ1v) is 7.07. The molecule has 1 aromatic heterocycles. The van der Waals surface area contributed by atoms with Crippen LogP contribution in [0.1, 0.15) is 25.5 Å². The highest BCUT2D eigenvalue weighted by Crippen LogP contribution is 2.28. The summed E-state index contributed by atoms with van der Waals surface area (Å²) in [6.07, 6.45) is 2.68. The van der Waals surface area contributed by atoms with Crippen LogP contribution in [0.15, 0.2) is 6.07 Å². The molecule has 0 aliphatic heterocycles. The molecule has 0 aromatic carbocycles. The fraction of sp³-hybridized carbons (Fsp3) is 0.714. The average Bonchev–Trinajstić information content (AvgIpc) is 3.18. The molecule has 1 heterocycles. The van der Waals surface area contributed by atoms with Gasteiger partial charge in [0.1, 0.15) is 5.82 Å². The van der Waals surface area contributed by atoms with Gasteiger partial charge in [-0.25, -0.2) is 4.98 Å². The van der Waals surface area contributed by atoms with Crippen molar-refractivity contribution in [1.29, 1.82) is 0 Å². The van der Waals surface area contributed by atoms with Crippen LogP contribution < -0.4 is 10.2 Å². The van der Waals surface area contributed by atoms with Gasteiger partial charge in [-0.3, -0.25) is 0 Å². The van der Waals surface area contributed by atoms with E-state index in [2.05, 4.69) is 20.2 Å². The van der Waals surface area contributed by atoms with Gasteiger partial charge >= 0.3 is 0 Å². The van der Waals surface area contributed by atoms with E-state index in [0.29, 0.717) is 5.95 Å². The number of ether oxygens (including phenoxy) is 1. The molecule has 106 valence electrons. The zero-order valence-corrected chi connectivity index (χ0v) is 12.1. The maximum absolute atomic E-state index is 5.66. The topological polar surface area (TPSA) is 50.3 Å². The van der Waals surface area contributed by atoms with Crippen molar-refractivity contribution < 1.29 is 4.74 Å². The second kappa shape index (κ2) is 6.70. The van der Waals surface area contributed by atoms with Crippen molar-refractivity contribution in [3.8, 4) is 0 Å². The molecule has 2 rings (SSSR count). The van der Waals surface area contributed by atoms with Gasteiger partial charge in [-0.1, -0.05) is 0 Å². The minimum absolute atomic E-state index is 0.697. The number of hydrogen-bond donors (Lipinski definition) is 1. The lowest BCUT2D eigenvalue weighted by Crippen LogP contribution is -2.24. The van der Waals surface area contributed by atoms with Gasteiger partial charge in [0.05, 0.1) is 6.61 Å². The minimum Gasteiger partial charge on any atom is -0.379 e. The molecular formula is C14H24N4O. The maximum atomic E-state index is 5.66. The van der Waals surface area contributed by atoms with E-state index in [1.54, 1.807) is 0 Å². The predicted octanol–water partition coefficient (Wildman–Crippen LogP) is 2.08. The van der Waals surface area contributed by atoms with Crippen molar-refractivity contribution in [2.24, 2.45) is 5.92 Å². The Kier molecular flexibility index (Phi) is 4.96. The molecule has 0 atom stereocenters. The number of anilines is 2. The van der Waals surface area contributed by atoms with Crippen LogP contribution >= 0.6 is 0 Å². The van der Waals surface area contributed by atoms with E-state index in [1.807, 2.05) is 27.0 Å². The summed E-state index contributed by atoms with van der Waals surface area (Å²) in [6.45, 7) is 7.39. The third-order valence-electron chi connectivity index (χ3n) is 3.19. The average molecular weight is 264 g/mol. The summed E-state index contributed by atoms with van der Waals surface area (Å²) < 4.78 is 5.66. The van der Waals surface area contributed by atoms with E-state index >= 15 is 0 Å². The molecule has 0 radical (unpaired) electrons. The van der Waals surface area contributed by atoms with E-state index in [4.69, 9.17) is 4.74 Å². The van der Waals surface area contributed by atoms with Crippen LogP contribution in [0.4, 0.5) is 11.8 Å². The van der Waals surface area contributed by atoms with Gasteiger partial charge in [0, 0.05) is 38.5 Å². The molecule has 0 amide bonds. The molecular weight excluding hydrogens is 240 g/mol. The van der Waals surface area contributed by atoms with E-state index in [9.17, 15) is 0 Å². The van der Waals surface area contributed by atoms with Gasteiger partial charge in [0.15, 0.2) is 0 Å². The Morgan fingerprint density at radius 1 is 1.42 bits per heavy atom. The standard InChI is InChI=1S/C14H24N4O/c1-4-15-14-16-11(2)9-13(17-14)18(3)7-8-19-10-12-5-6-12/h9,12H,4-8,10H2,1-3H3,(H,15,16,17). The number of aromatic nitrogens is 2. The molecule has 19 heavy (non-hydrogen) atoms. The Balaban J connectivity index is 1.83. The van der Waals surface area contributed by atoms with E-state index in [-0.39, 0.29) is 0 Å². The Bertz CT molecular complexity index is 406. The normalized spacial score (nSPS) is 14.5. The zero-order valence-electron chi connectivity index (χ0n) is 12.1. The third kappa shape index (κ3) is 4.67. The van der Waals surface area contributed by atoms with Crippen LogP contribution in [0.25, 0.3) is 0 Å². The first-order valence-electron chi connectivity index (χ1n) is 7.07. The quantitative estimate of drug-likeness (QED) is 0.729. The number of nitrogens with zero attached hydrogens (tertiary/aromatic N) is 3. The van der Waals surface area contributed by atoms with Gasteiger partial charge in [-0.15, -0.1) is 0 Å². The monoisotopic (exact) mass is 264 g/mol. The maximum Gasteiger partial charge on any atom is 0.224 e. The molecule has 1 aromatic rings. The van der Waals surface area contributed by atoms with Crippen molar-refractivity contribution in [3.63, 3.8) is 0 Å². The summed E-state index contributed by atoms with van der Waals surface area (Å²) in [5.74, 6) is 2.47. The molecule has 5 nitrogen and oxygen atoms in total. The molecule has 0 saturated heterocycles. The Morgan fingerprint density at radius 3 is 2.89 bits per heavy atom. The van der Waals surface area contributed by atoms with Crippen molar-refractivity contribution >= 4 is 11.8 Å². The lowest BCUT2D eigenvalue weighted by atomic mass is 10.4. The van der Waals surface area contributed by atoms with Crippen molar-refractivity contribution in [2.45, 2.75) is 26.7 Å². The van der Waals surface area contributed by atoms with Crippen molar-refractivity contribution in [3.05, 3.63) is 11.8 Å². The lowest BCUT2D eigenvalue weighted by Gasteiger charge is -2.19. The number of hydrogen-bond acceptors (Lipinski definition) is 5. The van der Waals surface area contributed by atoms with Gasteiger partial charge in [-0.05, 0) is 32.6 Å². The minimum atomic E-state index is 0.697. The van der Waals surface area contributed by atoms with Crippen LogP contribution in [0.3, 0.4) is 0 Å². The predicted molar refractivity (Wildman–Crippen MR) is 77.7 cm³/mol. The summed E-state index contributed by atoms with van der Waals surface area (Å²) in [4.78, 5) is 11.0. The number of nitrogens with one attached hydrogen (secondary N) is 1. The molecule has 0 unspecified atom stereocenters. The molecule has 1 aliphatic carbocycles. The van der Waals surface area contributed by atoms with Crippen LogP contribution in [-0.2, 0) is 4.74 Å². The summed E-state index contributed by atoms with van der Waals surface area (Å²) in [5.41, 5.74) is 0.978. The fourth-order valence-corrected chi connectivity index (χ4v) is 1.84. The Labute approximate surface area is 115 Å². The highest BCUT2D eigenvalue weighted by atomic mass is 16.5. The summed E-state index contributed by atoms with van der Waals surface area (Å²) in [5, 5.41) is 3.15. The lowest BCUT2D eigenvalue weighted by molar-refractivity contribution is 0.131. The number of likely N-dealkylation sites (N-methyl/N-ethyl adjacent to an activating group) is 1. The van der Waals surface area contributed by atoms with Gasteiger partial charge < -0.3 is 15.0 Å². The first-order chi connectivity index (χ1) is 9.19.